The number of para-hydroxylation sites is 1. The molecule has 0 bridgehead atoms. The second-order valence-electron chi connectivity index (χ2n) is 7.23. The Morgan fingerprint density at radius 2 is 1.88 bits per heavy atom. The standard InChI is InChI=1S/C22H20FN5O3S/c1-2-18-26-27-22(32-18)25-21(31)16-5-3-4-6-17(16)24-20(30)13-11-19(29)28(12-13)15-9-7-14(23)8-10-15/h3-10,13H,2,11-12H2,1H3,(H,24,30)(H,25,27,31)/t13-/m0/s1. The first kappa shape index (κ1) is 21.6. The van der Waals surface area contributed by atoms with E-state index in [0.717, 1.165) is 11.4 Å². The Hall–Kier alpha value is -3.66. The number of hydrogen-bond acceptors (Lipinski definition) is 6. The molecule has 1 atom stereocenters. The van der Waals surface area contributed by atoms with Crippen molar-refractivity contribution < 1.29 is 18.8 Å². The highest BCUT2D eigenvalue weighted by Gasteiger charge is 2.35. The number of anilines is 3. The number of aryl methyl sites for hydroxylation is 1. The first-order valence-electron chi connectivity index (χ1n) is 10.0. The summed E-state index contributed by atoms with van der Waals surface area (Å²) in [5.41, 5.74) is 1.15. The topological polar surface area (TPSA) is 104 Å². The lowest BCUT2D eigenvalue weighted by Gasteiger charge is -2.17. The van der Waals surface area contributed by atoms with E-state index in [0.29, 0.717) is 16.5 Å². The molecule has 2 heterocycles. The molecule has 1 aliphatic rings. The number of benzene rings is 2. The highest BCUT2D eigenvalue weighted by atomic mass is 32.1. The van der Waals surface area contributed by atoms with Gasteiger partial charge < -0.3 is 10.2 Å². The molecule has 0 unspecified atom stereocenters. The zero-order valence-electron chi connectivity index (χ0n) is 17.2. The summed E-state index contributed by atoms with van der Waals surface area (Å²) in [4.78, 5) is 39.5. The van der Waals surface area contributed by atoms with E-state index in [1.165, 1.54) is 40.5 Å². The lowest BCUT2D eigenvalue weighted by atomic mass is 10.1. The largest absolute Gasteiger partial charge is 0.325 e. The summed E-state index contributed by atoms with van der Waals surface area (Å²) in [6.45, 7) is 2.12. The Bertz CT molecular complexity index is 1160. The van der Waals surface area contributed by atoms with E-state index in [2.05, 4.69) is 20.8 Å². The molecule has 0 aliphatic carbocycles. The van der Waals surface area contributed by atoms with Crippen molar-refractivity contribution in [3.05, 3.63) is 64.9 Å². The first-order valence-corrected chi connectivity index (χ1v) is 10.9. The quantitative estimate of drug-likeness (QED) is 0.595. The maximum atomic E-state index is 13.2. The minimum Gasteiger partial charge on any atom is -0.325 e. The van der Waals surface area contributed by atoms with Gasteiger partial charge >= 0.3 is 0 Å². The lowest BCUT2D eigenvalue weighted by Crippen LogP contribution is -2.28. The van der Waals surface area contributed by atoms with Gasteiger partial charge in [0.15, 0.2) is 0 Å². The van der Waals surface area contributed by atoms with Gasteiger partial charge in [-0.15, -0.1) is 10.2 Å². The van der Waals surface area contributed by atoms with Crippen LogP contribution in [0.25, 0.3) is 0 Å². The van der Waals surface area contributed by atoms with Gasteiger partial charge in [0.05, 0.1) is 17.2 Å². The number of hydrogen-bond donors (Lipinski definition) is 2. The summed E-state index contributed by atoms with van der Waals surface area (Å²) < 4.78 is 13.2. The second kappa shape index (κ2) is 9.23. The number of amides is 3. The van der Waals surface area contributed by atoms with Crippen LogP contribution < -0.4 is 15.5 Å². The number of carbonyl (C=O) groups is 3. The van der Waals surface area contributed by atoms with Gasteiger partial charge in [0.25, 0.3) is 5.91 Å². The zero-order valence-corrected chi connectivity index (χ0v) is 18.0. The lowest BCUT2D eigenvalue weighted by molar-refractivity contribution is -0.122. The van der Waals surface area contributed by atoms with Crippen LogP contribution >= 0.6 is 11.3 Å². The van der Waals surface area contributed by atoms with Crippen molar-refractivity contribution in [3.63, 3.8) is 0 Å². The van der Waals surface area contributed by atoms with Crippen molar-refractivity contribution in [2.45, 2.75) is 19.8 Å². The second-order valence-corrected chi connectivity index (χ2v) is 8.29. The molecule has 0 spiro atoms. The Balaban J connectivity index is 1.45. The molecule has 1 aliphatic heterocycles. The molecule has 164 valence electrons. The molecule has 8 nitrogen and oxygen atoms in total. The molecule has 3 aromatic rings. The molecule has 4 rings (SSSR count). The van der Waals surface area contributed by atoms with Crippen LogP contribution in [-0.4, -0.2) is 34.5 Å². The number of aromatic nitrogens is 2. The monoisotopic (exact) mass is 453 g/mol. The molecular formula is C22H20FN5O3S. The predicted molar refractivity (Wildman–Crippen MR) is 119 cm³/mol. The van der Waals surface area contributed by atoms with Crippen LogP contribution in [0.4, 0.5) is 20.9 Å². The van der Waals surface area contributed by atoms with E-state index in [1.54, 1.807) is 24.3 Å². The van der Waals surface area contributed by atoms with Gasteiger partial charge in [-0.2, -0.15) is 0 Å². The van der Waals surface area contributed by atoms with Gasteiger partial charge in [0.1, 0.15) is 10.8 Å². The van der Waals surface area contributed by atoms with Crippen LogP contribution in [0.5, 0.6) is 0 Å². The van der Waals surface area contributed by atoms with Crippen LogP contribution in [0.3, 0.4) is 0 Å². The number of halogens is 1. The van der Waals surface area contributed by atoms with Crippen LogP contribution in [-0.2, 0) is 16.0 Å². The van der Waals surface area contributed by atoms with E-state index in [-0.39, 0.29) is 30.3 Å². The molecule has 0 radical (unpaired) electrons. The van der Waals surface area contributed by atoms with E-state index >= 15 is 0 Å². The fourth-order valence-electron chi connectivity index (χ4n) is 3.39. The third-order valence-electron chi connectivity index (χ3n) is 5.05. The molecule has 1 aromatic heterocycles. The molecule has 1 fully saturated rings. The number of rotatable bonds is 6. The highest BCUT2D eigenvalue weighted by Crippen LogP contribution is 2.27. The van der Waals surface area contributed by atoms with Gasteiger partial charge in [-0.3, -0.25) is 19.7 Å². The Morgan fingerprint density at radius 1 is 1.12 bits per heavy atom. The molecule has 0 saturated carbocycles. The molecule has 2 N–H and O–H groups in total. The van der Waals surface area contributed by atoms with E-state index < -0.39 is 17.6 Å². The number of carbonyl (C=O) groups excluding carboxylic acids is 3. The summed E-state index contributed by atoms with van der Waals surface area (Å²) in [5.74, 6) is -2.00. The van der Waals surface area contributed by atoms with Crippen LogP contribution in [0.1, 0.15) is 28.7 Å². The number of nitrogens with one attached hydrogen (secondary N) is 2. The Morgan fingerprint density at radius 3 is 2.59 bits per heavy atom. The summed E-state index contributed by atoms with van der Waals surface area (Å²) >= 11 is 1.29. The van der Waals surface area contributed by atoms with Crippen molar-refractivity contribution in [2.75, 3.05) is 22.1 Å². The van der Waals surface area contributed by atoms with Gasteiger partial charge in [0.2, 0.25) is 16.9 Å². The summed E-state index contributed by atoms with van der Waals surface area (Å²) in [7, 11) is 0. The molecule has 32 heavy (non-hydrogen) atoms. The first-order chi connectivity index (χ1) is 15.4. The fourth-order valence-corrected chi connectivity index (χ4v) is 4.06. The van der Waals surface area contributed by atoms with Crippen molar-refractivity contribution in [2.24, 2.45) is 5.92 Å². The molecule has 10 heteroatoms. The third-order valence-corrected chi connectivity index (χ3v) is 6.04. The van der Waals surface area contributed by atoms with Crippen LogP contribution in [0.15, 0.2) is 48.5 Å². The van der Waals surface area contributed by atoms with Gasteiger partial charge in [-0.25, -0.2) is 4.39 Å². The summed E-state index contributed by atoms with van der Waals surface area (Å²) in [5, 5.41) is 14.6. The van der Waals surface area contributed by atoms with E-state index in [9.17, 15) is 18.8 Å². The highest BCUT2D eigenvalue weighted by molar-refractivity contribution is 7.15. The smallest absolute Gasteiger partial charge is 0.259 e. The van der Waals surface area contributed by atoms with Crippen molar-refractivity contribution in [1.82, 2.24) is 10.2 Å². The predicted octanol–water partition coefficient (Wildman–Crippen LogP) is 3.48. The van der Waals surface area contributed by atoms with Crippen molar-refractivity contribution in [1.29, 1.82) is 0 Å². The van der Waals surface area contributed by atoms with E-state index in [4.69, 9.17) is 0 Å². The minimum atomic E-state index is -0.598. The van der Waals surface area contributed by atoms with Crippen LogP contribution in [0, 0.1) is 11.7 Å². The van der Waals surface area contributed by atoms with Crippen molar-refractivity contribution in [3.8, 4) is 0 Å². The average Bonchev–Trinajstić information content (AvgIpc) is 3.41. The van der Waals surface area contributed by atoms with Gasteiger partial charge in [-0.05, 0) is 42.8 Å². The molecule has 3 amide bonds. The van der Waals surface area contributed by atoms with Crippen molar-refractivity contribution >= 4 is 45.6 Å². The van der Waals surface area contributed by atoms with Gasteiger partial charge in [0, 0.05) is 18.7 Å². The molecule has 1 saturated heterocycles. The Labute approximate surface area is 187 Å². The SMILES string of the molecule is CCc1nnc(NC(=O)c2ccccc2NC(=O)[C@H]2CC(=O)N(c3ccc(F)cc3)C2)s1. The maximum absolute atomic E-state index is 13.2. The number of nitrogens with zero attached hydrogens (tertiary/aromatic N) is 3. The summed E-state index contributed by atoms with van der Waals surface area (Å²) in [6.07, 6.45) is 0.747. The molecular weight excluding hydrogens is 433 g/mol. The fraction of sp³-hybridized carbons (Fsp3) is 0.227. The molecule has 2 aromatic carbocycles. The zero-order chi connectivity index (χ0) is 22.7. The van der Waals surface area contributed by atoms with E-state index in [1.807, 2.05) is 6.92 Å². The Kier molecular flexibility index (Phi) is 6.22. The third kappa shape index (κ3) is 4.65. The van der Waals surface area contributed by atoms with Gasteiger partial charge in [-0.1, -0.05) is 30.4 Å². The average molecular weight is 453 g/mol. The maximum Gasteiger partial charge on any atom is 0.259 e. The van der Waals surface area contributed by atoms with Crippen LogP contribution in [0.2, 0.25) is 0 Å². The minimum absolute atomic E-state index is 0.0299. The summed E-state index contributed by atoms with van der Waals surface area (Å²) in [6, 6.07) is 12.2. The normalized spacial score (nSPS) is 15.6.